The summed E-state index contributed by atoms with van der Waals surface area (Å²) >= 11 is 0. The number of hydrogen-bond donors (Lipinski definition) is 0. The van der Waals surface area contributed by atoms with E-state index >= 15 is 0 Å². The van der Waals surface area contributed by atoms with Crippen LogP contribution in [0.3, 0.4) is 0 Å². The third kappa shape index (κ3) is 4.75. The van der Waals surface area contributed by atoms with E-state index in [0.717, 1.165) is 0 Å². The molecular formula is C14H20O3Si. The van der Waals surface area contributed by atoms with E-state index in [9.17, 15) is 4.79 Å². The van der Waals surface area contributed by atoms with Gasteiger partial charge in [0.15, 0.2) is 6.10 Å². The van der Waals surface area contributed by atoms with Gasteiger partial charge in [-0.15, -0.1) is 0 Å². The van der Waals surface area contributed by atoms with Gasteiger partial charge in [-0.05, 0) is 38.7 Å². The molecule has 0 aliphatic carbocycles. The van der Waals surface area contributed by atoms with Gasteiger partial charge in [-0.25, -0.2) is 4.79 Å². The Labute approximate surface area is 110 Å². The monoisotopic (exact) mass is 264 g/mol. The molecule has 0 N–H and O–H groups in total. The van der Waals surface area contributed by atoms with Crippen molar-refractivity contribution >= 4 is 14.3 Å². The molecule has 1 atom stereocenters. The molecule has 1 aromatic carbocycles. The SMILES string of the molecule is C=C(O[Si](C)(C)C)C(C)OC(=O)c1ccccc1. The maximum absolute atomic E-state index is 11.8. The van der Waals surface area contributed by atoms with Crippen LogP contribution >= 0.6 is 0 Å². The normalized spacial score (nSPS) is 12.7. The predicted molar refractivity (Wildman–Crippen MR) is 74.9 cm³/mol. The summed E-state index contributed by atoms with van der Waals surface area (Å²) in [6.45, 7) is 11.8. The van der Waals surface area contributed by atoms with Crippen molar-refractivity contribution in [2.75, 3.05) is 0 Å². The molecule has 0 radical (unpaired) electrons. The molecule has 0 amide bonds. The predicted octanol–water partition coefficient (Wildman–Crippen LogP) is 3.60. The summed E-state index contributed by atoms with van der Waals surface area (Å²) in [5, 5.41) is 0. The van der Waals surface area contributed by atoms with Gasteiger partial charge >= 0.3 is 5.97 Å². The Morgan fingerprint density at radius 3 is 2.28 bits per heavy atom. The first-order chi connectivity index (χ1) is 8.29. The molecule has 18 heavy (non-hydrogen) atoms. The Hall–Kier alpha value is -1.55. The fraction of sp³-hybridized carbons (Fsp3) is 0.357. The second-order valence-electron chi connectivity index (χ2n) is 5.09. The van der Waals surface area contributed by atoms with Gasteiger partial charge in [0.05, 0.1) is 5.56 Å². The third-order valence-corrected chi connectivity index (χ3v) is 3.06. The van der Waals surface area contributed by atoms with Crippen molar-refractivity contribution in [3.05, 3.63) is 48.2 Å². The highest BCUT2D eigenvalue weighted by Gasteiger charge is 2.22. The fourth-order valence-electron chi connectivity index (χ4n) is 1.34. The largest absolute Gasteiger partial charge is 0.545 e. The Morgan fingerprint density at radius 2 is 1.78 bits per heavy atom. The molecule has 0 saturated carbocycles. The summed E-state index contributed by atoms with van der Waals surface area (Å²) in [5.41, 5.74) is 0.533. The molecule has 0 heterocycles. The second-order valence-corrected chi connectivity index (χ2v) is 9.52. The highest BCUT2D eigenvalue weighted by atomic mass is 28.4. The van der Waals surface area contributed by atoms with Crippen molar-refractivity contribution in [3.8, 4) is 0 Å². The van der Waals surface area contributed by atoms with Crippen molar-refractivity contribution < 1.29 is 14.0 Å². The Morgan fingerprint density at radius 1 is 1.22 bits per heavy atom. The van der Waals surface area contributed by atoms with Gasteiger partial charge < -0.3 is 9.16 Å². The van der Waals surface area contributed by atoms with Crippen LogP contribution in [0.2, 0.25) is 19.6 Å². The molecule has 1 unspecified atom stereocenters. The van der Waals surface area contributed by atoms with Crippen LogP contribution in [0.4, 0.5) is 0 Å². The minimum atomic E-state index is -1.70. The summed E-state index contributed by atoms with van der Waals surface area (Å²) in [6, 6.07) is 8.89. The number of esters is 1. The molecule has 0 aromatic heterocycles. The number of benzene rings is 1. The van der Waals surface area contributed by atoms with E-state index < -0.39 is 14.4 Å². The number of carbonyl (C=O) groups is 1. The second kappa shape index (κ2) is 5.86. The summed E-state index contributed by atoms with van der Waals surface area (Å²) in [5.74, 6) is 0.155. The smallest absolute Gasteiger partial charge is 0.338 e. The van der Waals surface area contributed by atoms with Crippen LogP contribution in [0.15, 0.2) is 42.7 Å². The lowest BCUT2D eigenvalue weighted by molar-refractivity contribution is 0.0341. The van der Waals surface area contributed by atoms with Crippen LogP contribution in [-0.2, 0) is 9.16 Å². The lowest BCUT2D eigenvalue weighted by Gasteiger charge is -2.24. The van der Waals surface area contributed by atoms with Crippen LogP contribution < -0.4 is 0 Å². The van der Waals surface area contributed by atoms with Gasteiger partial charge in [-0.1, -0.05) is 24.8 Å². The molecule has 98 valence electrons. The van der Waals surface area contributed by atoms with Gasteiger partial charge in [0.25, 0.3) is 0 Å². The van der Waals surface area contributed by atoms with E-state index in [1.165, 1.54) is 0 Å². The molecule has 1 aromatic rings. The van der Waals surface area contributed by atoms with Crippen molar-refractivity contribution in [1.82, 2.24) is 0 Å². The van der Waals surface area contributed by atoms with Gasteiger partial charge in [0, 0.05) is 0 Å². The third-order valence-electron chi connectivity index (χ3n) is 2.18. The van der Waals surface area contributed by atoms with Gasteiger partial charge in [0.1, 0.15) is 5.76 Å². The van der Waals surface area contributed by atoms with E-state index in [2.05, 4.69) is 26.2 Å². The van der Waals surface area contributed by atoms with Crippen molar-refractivity contribution in [2.45, 2.75) is 32.7 Å². The summed E-state index contributed by atoms with van der Waals surface area (Å²) in [7, 11) is -1.70. The summed E-state index contributed by atoms with van der Waals surface area (Å²) < 4.78 is 11.0. The van der Waals surface area contributed by atoms with E-state index in [0.29, 0.717) is 11.3 Å². The average molecular weight is 264 g/mol. The topological polar surface area (TPSA) is 35.5 Å². The number of rotatable bonds is 5. The first-order valence-electron chi connectivity index (χ1n) is 5.93. The molecular weight excluding hydrogens is 244 g/mol. The van der Waals surface area contributed by atoms with Crippen LogP contribution in [0.5, 0.6) is 0 Å². The lowest BCUT2D eigenvalue weighted by Crippen LogP contribution is -2.29. The average Bonchev–Trinajstić information content (AvgIpc) is 2.27. The van der Waals surface area contributed by atoms with Crippen LogP contribution in [-0.4, -0.2) is 20.4 Å². The van der Waals surface area contributed by atoms with E-state index in [1.807, 2.05) is 6.07 Å². The van der Waals surface area contributed by atoms with Gasteiger partial charge in [-0.3, -0.25) is 0 Å². The van der Waals surface area contributed by atoms with E-state index in [1.54, 1.807) is 31.2 Å². The van der Waals surface area contributed by atoms with Gasteiger partial charge in [0.2, 0.25) is 8.32 Å². The quantitative estimate of drug-likeness (QED) is 0.463. The molecule has 0 saturated heterocycles. The first kappa shape index (κ1) is 14.5. The maximum Gasteiger partial charge on any atom is 0.338 e. The molecule has 4 heteroatoms. The Bertz CT molecular complexity index is 420. The first-order valence-corrected chi connectivity index (χ1v) is 9.34. The molecule has 0 aliphatic rings. The number of ether oxygens (including phenoxy) is 1. The van der Waals surface area contributed by atoms with E-state index in [4.69, 9.17) is 9.16 Å². The van der Waals surface area contributed by atoms with Crippen LogP contribution in [0, 0.1) is 0 Å². The summed E-state index contributed by atoms with van der Waals surface area (Å²) in [4.78, 5) is 11.8. The lowest BCUT2D eigenvalue weighted by atomic mass is 10.2. The molecule has 0 fully saturated rings. The van der Waals surface area contributed by atoms with Gasteiger partial charge in [-0.2, -0.15) is 0 Å². The molecule has 0 aliphatic heterocycles. The number of carbonyl (C=O) groups excluding carboxylic acids is 1. The zero-order valence-electron chi connectivity index (χ0n) is 11.4. The fourth-order valence-corrected chi connectivity index (χ4v) is 2.30. The minimum Gasteiger partial charge on any atom is -0.545 e. The zero-order valence-corrected chi connectivity index (χ0v) is 12.4. The zero-order chi connectivity index (χ0) is 13.8. The van der Waals surface area contributed by atoms with Crippen molar-refractivity contribution in [2.24, 2.45) is 0 Å². The summed E-state index contributed by atoms with van der Waals surface area (Å²) in [6.07, 6.45) is -0.440. The molecule has 0 bridgehead atoms. The van der Waals surface area contributed by atoms with Crippen LogP contribution in [0.1, 0.15) is 17.3 Å². The Kier molecular flexibility index (Phi) is 4.73. The maximum atomic E-state index is 11.8. The highest BCUT2D eigenvalue weighted by Crippen LogP contribution is 2.15. The van der Waals surface area contributed by atoms with E-state index in [-0.39, 0.29) is 5.97 Å². The molecule has 3 nitrogen and oxygen atoms in total. The van der Waals surface area contributed by atoms with Crippen molar-refractivity contribution in [1.29, 1.82) is 0 Å². The Balaban J connectivity index is 2.58. The number of hydrogen-bond acceptors (Lipinski definition) is 3. The standard InChI is InChI=1S/C14H20O3Si/c1-11(12(2)17-18(3,4)5)16-14(15)13-9-7-6-8-10-13/h6-11H,2H2,1,3-5H3. The molecule has 1 rings (SSSR count). The minimum absolute atomic E-state index is 0.358. The van der Waals surface area contributed by atoms with Crippen molar-refractivity contribution in [3.63, 3.8) is 0 Å². The molecule has 0 spiro atoms. The highest BCUT2D eigenvalue weighted by molar-refractivity contribution is 6.70. The van der Waals surface area contributed by atoms with Crippen LogP contribution in [0.25, 0.3) is 0 Å².